The average Bonchev–Trinajstić information content (AvgIpc) is 2.58. The lowest BCUT2D eigenvalue weighted by Crippen LogP contribution is -2.35. The van der Waals surface area contributed by atoms with Gasteiger partial charge in [-0.25, -0.2) is 4.39 Å². The number of nitrogens with zero attached hydrogens (tertiary/aromatic N) is 1. The number of benzene rings is 1. The van der Waals surface area contributed by atoms with Gasteiger partial charge in [0.1, 0.15) is 5.82 Å². The second kappa shape index (κ2) is 6.82. The van der Waals surface area contributed by atoms with Crippen molar-refractivity contribution in [2.24, 2.45) is 11.7 Å². The number of nitrogens with two attached hydrogens (primary N) is 1. The molecule has 2 atom stereocenters. The van der Waals surface area contributed by atoms with E-state index in [9.17, 15) is 4.39 Å². The third-order valence-corrected chi connectivity index (χ3v) is 4.53. The Hall–Kier alpha value is -0.450. The minimum Gasteiger partial charge on any atom is -0.329 e. The summed E-state index contributed by atoms with van der Waals surface area (Å²) in [4.78, 5) is 2.34. The molecule has 2 N–H and O–H groups in total. The Bertz CT molecular complexity index is 425. The Balaban J connectivity index is 2.18. The van der Waals surface area contributed by atoms with Crippen LogP contribution in [0.4, 0.5) is 4.39 Å². The highest BCUT2D eigenvalue weighted by molar-refractivity contribution is 9.10. The topological polar surface area (TPSA) is 29.3 Å². The molecule has 0 radical (unpaired) electrons. The van der Waals surface area contributed by atoms with Gasteiger partial charge in [-0.3, -0.25) is 4.90 Å². The summed E-state index contributed by atoms with van der Waals surface area (Å²) in [7, 11) is 0. The Morgan fingerprint density at radius 1 is 1.42 bits per heavy atom. The van der Waals surface area contributed by atoms with Crippen molar-refractivity contribution in [2.75, 3.05) is 19.6 Å². The largest absolute Gasteiger partial charge is 0.329 e. The van der Waals surface area contributed by atoms with Gasteiger partial charge in [0.15, 0.2) is 0 Å². The zero-order valence-corrected chi connectivity index (χ0v) is 13.0. The summed E-state index contributed by atoms with van der Waals surface area (Å²) in [6.45, 7) is 4.79. The second-order valence-electron chi connectivity index (χ2n) is 5.49. The number of rotatable bonds is 3. The summed E-state index contributed by atoms with van der Waals surface area (Å²) in [5.74, 6) is 0.598. The fraction of sp³-hybridized carbons (Fsp3) is 0.600. The first-order chi connectivity index (χ1) is 9.11. The Labute approximate surface area is 123 Å². The highest BCUT2D eigenvalue weighted by Gasteiger charge is 2.24. The maximum atomic E-state index is 14.1. The Morgan fingerprint density at radius 2 is 2.21 bits per heavy atom. The van der Waals surface area contributed by atoms with Crippen LogP contribution in [0, 0.1) is 11.7 Å². The monoisotopic (exact) mass is 328 g/mol. The second-order valence-corrected chi connectivity index (χ2v) is 6.41. The van der Waals surface area contributed by atoms with Gasteiger partial charge in [-0.2, -0.15) is 0 Å². The summed E-state index contributed by atoms with van der Waals surface area (Å²) in [5, 5.41) is 0. The molecule has 1 aromatic carbocycles. The normalized spacial score (nSPS) is 23.1. The summed E-state index contributed by atoms with van der Waals surface area (Å²) >= 11 is 3.30. The van der Waals surface area contributed by atoms with Crippen molar-refractivity contribution in [1.82, 2.24) is 4.90 Å². The van der Waals surface area contributed by atoms with E-state index in [2.05, 4.69) is 27.8 Å². The van der Waals surface area contributed by atoms with Crippen LogP contribution < -0.4 is 5.73 Å². The van der Waals surface area contributed by atoms with Crippen LogP contribution in [0.15, 0.2) is 22.7 Å². The number of hydrogen-bond acceptors (Lipinski definition) is 2. The molecule has 1 aliphatic rings. The zero-order valence-electron chi connectivity index (χ0n) is 11.4. The van der Waals surface area contributed by atoms with Crippen LogP contribution in [-0.4, -0.2) is 24.5 Å². The van der Waals surface area contributed by atoms with Crippen molar-refractivity contribution < 1.29 is 4.39 Å². The van der Waals surface area contributed by atoms with Gasteiger partial charge in [0.2, 0.25) is 0 Å². The lowest BCUT2D eigenvalue weighted by atomic mass is 10.0. The Morgan fingerprint density at radius 3 is 2.89 bits per heavy atom. The first-order valence-electron chi connectivity index (χ1n) is 7.01. The molecule has 2 unspecified atom stereocenters. The van der Waals surface area contributed by atoms with E-state index in [1.165, 1.54) is 25.3 Å². The lowest BCUT2D eigenvalue weighted by Gasteiger charge is -2.30. The first-order valence-corrected chi connectivity index (χ1v) is 7.80. The van der Waals surface area contributed by atoms with Gasteiger partial charge in [-0.15, -0.1) is 0 Å². The van der Waals surface area contributed by atoms with E-state index >= 15 is 0 Å². The van der Waals surface area contributed by atoms with Crippen molar-refractivity contribution in [3.05, 3.63) is 34.1 Å². The van der Waals surface area contributed by atoms with E-state index < -0.39 is 0 Å². The molecule has 1 saturated heterocycles. The molecule has 1 heterocycles. The van der Waals surface area contributed by atoms with E-state index in [0.29, 0.717) is 6.54 Å². The molecule has 0 aliphatic carbocycles. The summed E-state index contributed by atoms with van der Waals surface area (Å²) in [6, 6.07) is 5.27. The lowest BCUT2D eigenvalue weighted by molar-refractivity contribution is 0.203. The van der Waals surface area contributed by atoms with Gasteiger partial charge in [0.05, 0.1) is 0 Å². The Kier molecular flexibility index (Phi) is 5.37. The molecule has 2 nitrogen and oxygen atoms in total. The van der Waals surface area contributed by atoms with Crippen molar-refractivity contribution in [3.63, 3.8) is 0 Å². The number of halogens is 2. The highest BCUT2D eigenvalue weighted by atomic mass is 79.9. The molecule has 1 aromatic rings. The SMILES string of the molecule is CC1CCCN(C(CN)c2ccc(Br)cc2F)CC1. The standard InChI is InChI=1S/C15H22BrFN2/c1-11-3-2-7-19(8-6-11)15(10-18)13-5-4-12(16)9-14(13)17/h4-5,9,11,15H,2-3,6-8,10,18H2,1H3. The van der Waals surface area contributed by atoms with Crippen LogP contribution >= 0.6 is 15.9 Å². The summed E-state index contributed by atoms with van der Waals surface area (Å²) < 4.78 is 14.9. The van der Waals surface area contributed by atoms with Crippen molar-refractivity contribution in [2.45, 2.75) is 32.2 Å². The predicted molar refractivity (Wildman–Crippen MR) is 80.5 cm³/mol. The molecule has 19 heavy (non-hydrogen) atoms. The molecule has 1 fully saturated rings. The maximum absolute atomic E-state index is 14.1. The molecule has 1 aliphatic heterocycles. The average molecular weight is 329 g/mol. The molecule has 0 amide bonds. The van der Waals surface area contributed by atoms with E-state index in [1.807, 2.05) is 12.1 Å². The predicted octanol–water partition coefficient (Wildman–Crippen LogP) is 3.71. The van der Waals surface area contributed by atoms with Crippen molar-refractivity contribution in [3.8, 4) is 0 Å². The third-order valence-electron chi connectivity index (χ3n) is 4.04. The van der Waals surface area contributed by atoms with E-state index in [-0.39, 0.29) is 11.9 Å². The smallest absolute Gasteiger partial charge is 0.129 e. The minimum atomic E-state index is -0.165. The number of likely N-dealkylation sites (tertiary alicyclic amines) is 1. The molecule has 0 aromatic heterocycles. The van der Waals surface area contributed by atoms with Gasteiger partial charge < -0.3 is 5.73 Å². The minimum absolute atomic E-state index is 0.00148. The van der Waals surface area contributed by atoms with Crippen LogP contribution in [0.2, 0.25) is 0 Å². The van der Waals surface area contributed by atoms with Crippen molar-refractivity contribution >= 4 is 15.9 Å². The van der Waals surface area contributed by atoms with Crippen molar-refractivity contribution in [1.29, 1.82) is 0 Å². The van der Waals surface area contributed by atoms with E-state index in [4.69, 9.17) is 5.73 Å². The quantitative estimate of drug-likeness (QED) is 0.916. The number of hydrogen-bond donors (Lipinski definition) is 1. The fourth-order valence-electron chi connectivity index (χ4n) is 2.84. The molecule has 0 spiro atoms. The van der Waals surface area contributed by atoms with Crippen LogP contribution in [0.3, 0.4) is 0 Å². The molecular weight excluding hydrogens is 307 g/mol. The fourth-order valence-corrected chi connectivity index (χ4v) is 3.17. The molecule has 2 rings (SSSR count). The molecule has 0 saturated carbocycles. The summed E-state index contributed by atoms with van der Waals surface area (Å²) in [5.41, 5.74) is 6.63. The molecule has 106 valence electrons. The molecule has 0 bridgehead atoms. The molecule has 4 heteroatoms. The third kappa shape index (κ3) is 3.77. The van der Waals surface area contributed by atoms with Gasteiger partial charge in [0.25, 0.3) is 0 Å². The van der Waals surface area contributed by atoms with Gasteiger partial charge >= 0.3 is 0 Å². The summed E-state index contributed by atoms with van der Waals surface area (Å²) in [6.07, 6.45) is 3.61. The van der Waals surface area contributed by atoms with Gasteiger partial charge in [-0.1, -0.05) is 28.9 Å². The molecular formula is C15H22BrFN2. The van der Waals surface area contributed by atoms with Crippen LogP contribution in [0.1, 0.15) is 37.8 Å². The van der Waals surface area contributed by atoms with Crippen LogP contribution in [0.25, 0.3) is 0 Å². The van der Waals surface area contributed by atoms with Gasteiger partial charge in [-0.05, 0) is 50.4 Å². The highest BCUT2D eigenvalue weighted by Crippen LogP contribution is 2.28. The van der Waals surface area contributed by atoms with Crippen LogP contribution in [-0.2, 0) is 0 Å². The maximum Gasteiger partial charge on any atom is 0.129 e. The first kappa shape index (κ1) is 14.9. The van der Waals surface area contributed by atoms with Crippen LogP contribution in [0.5, 0.6) is 0 Å². The zero-order chi connectivity index (χ0) is 13.8. The van der Waals surface area contributed by atoms with Gasteiger partial charge in [0, 0.05) is 22.6 Å². The van der Waals surface area contributed by atoms with E-state index in [0.717, 1.165) is 29.0 Å². The van der Waals surface area contributed by atoms with E-state index in [1.54, 1.807) is 0 Å².